The van der Waals surface area contributed by atoms with E-state index in [1.165, 1.54) is 22.0 Å². The Hall–Kier alpha value is -2.02. The maximum absolute atomic E-state index is 11.9. The van der Waals surface area contributed by atoms with Gasteiger partial charge in [0.15, 0.2) is 13.0 Å². The summed E-state index contributed by atoms with van der Waals surface area (Å²) in [6.45, 7) is 4.03. The third-order valence-corrected chi connectivity index (χ3v) is 4.19. The fraction of sp³-hybridized carbons (Fsp3) is 0.357. The molecule has 1 aromatic carbocycles. The Morgan fingerprint density at radius 2 is 2.19 bits per heavy atom. The molecule has 6 nitrogen and oxygen atoms in total. The lowest BCUT2D eigenvalue weighted by atomic mass is 10.1. The Labute approximate surface area is 127 Å². The molecule has 0 radical (unpaired) electrons. The number of aryl methyl sites for hydroxylation is 3. The van der Waals surface area contributed by atoms with Crippen molar-refractivity contribution in [2.45, 2.75) is 25.3 Å². The minimum Gasteiger partial charge on any atom is -0.538 e. The molecule has 0 fully saturated rings. The second-order valence-corrected chi connectivity index (χ2v) is 5.82. The van der Waals surface area contributed by atoms with Crippen molar-refractivity contribution in [1.29, 1.82) is 0 Å². The largest absolute Gasteiger partial charge is 0.538 e. The number of rotatable bonds is 5. The average molecular weight is 307 g/mol. The molecule has 112 valence electrons. The number of hydrogen-bond acceptors (Lipinski definition) is 5. The zero-order valence-electron chi connectivity index (χ0n) is 12.2. The molecular weight excluding hydrogens is 290 g/mol. The minimum absolute atomic E-state index is 0.0858. The van der Waals surface area contributed by atoms with Gasteiger partial charge < -0.3 is 14.9 Å². The van der Waals surface area contributed by atoms with Crippen LogP contribution in [0.15, 0.2) is 27.7 Å². The van der Waals surface area contributed by atoms with Gasteiger partial charge in [0.1, 0.15) is 0 Å². The van der Waals surface area contributed by atoms with E-state index in [4.69, 9.17) is 0 Å². The van der Waals surface area contributed by atoms with Gasteiger partial charge in [-0.05, 0) is 37.1 Å². The molecule has 1 amide bonds. The number of amides is 1. The van der Waals surface area contributed by atoms with Crippen molar-refractivity contribution in [2.24, 2.45) is 7.05 Å². The number of nitrogens with one attached hydrogen (secondary N) is 1. The van der Waals surface area contributed by atoms with Crippen LogP contribution in [0.1, 0.15) is 17.5 Å². The van der Waals surface area contributed by atoms with E-state index in [1.807, 2.05) is 32.0 Å². The lowest BCUT2D eigenvalue weighted by Gasteiger charge is -2.07. The first-order valence-corrected chi connectivity index (χ1v) is 7.49. The standard InChI is InChI=1S/C14H17N3O3S/c1-9-4-5-11(8-10(9)2)15-12(18)6-7-21-13-14(19)20-16-17(13)3/h4-5,8H,6-7H2,1-3H3,(H-,15,16,18,19). The number of carbonyl (C=O) groups excluding carboxylic acids is 1. The zero-order chi connectivity index (χ0) is 15.4. The van der Waals surface area contributed by atoms with Crippen molar-refractivity contribution in [3.05, 3.63) is 29.3 Å². The zero-order valence-corrected chi connectivity index (χ0v) is 13.0. The average Bonchev–Trinajstić information content (AvgIpc) is 2.74. The van der Waals surface area contributed by atoms with Crippen LogP contribution >= 0.6 is 11.8 Å². The molecule has 0 atom stereocenters. The first-order valence-electron chi connectivity index (χ1n) is 6.50. The number of nitrogens with zero attached hydrogens (tertiary/aromatic N) is 2. The Morgan fingerprint density at radius 3 is 2.81 bits per heavy atom. The summed E-state index contributed by atoms with van der Waals surface area (Å²) in [6.07, 6.45) is 0.308. The van der Waals surface area contributed by atoms with Gasteiger partial charge in [-0.3, -0.25) is 4.79 Å². The molecule has 1 aromatic heterocycles. The van der Waals surface area contributed by atoms with Crippen LogP contribution in [0.4, 0.5) is 5.69 Å². The Balaban J connectivity index is 1.84. The van der Waals surface area contributed by atoms with Crippen LogP contribution in [0.5, 0.6) is 5.95 Å². The number of benzene rings is 1. The van der Waals surface area contributed by atoms with E-state index >= 15 is 0 Å². The first-order chi connectivity index (χ1) is 9.97. The van der Waals surface area contributed by atoms with Crippen LogP contribution in [0.2, 0.25) is 0 Å². The van der Waals surface area contributed by atoms with Crippen molar-refractivity contribution in [2.75, 3.05) is 11.1 Å². The number of anilines is 1. The molecule has 2 rings (SSSR count). The highest BCUT2D eigenvalue weighted by Gasteiger charge is 2.14. The summed E-state index contributed by atoms with van der Waals surface area (Å²) in [5.74, 6) is -0.0737. The summed E-state index contributed by atoms with van der Waals surface area (Å²) >= 11 is 1.26. The predicted octanol–water partition coefficient (Wildman–Crippen LogP) is 1.31. The quantitative estimate of drug-likeness (QED) is 0.665. The molecule has 0 unspecified atom stereocenters. The lowest BCUT2D eigenvalue weighted by molar-refractivity contribution is -0.772. The normalized spacial score (nSPS) is 10.6. The van der Waals surface area contributed by atoms with Gasteiger partial charge in [0.25, 0.3) is 5.03 Å². The first kappa shape index (κ1) is 15.4. The third kappa shape index (κ3) is 3.98. The molecule has 1 N–H and O–H groups in total. The molecule has 0 aliphatic rings. The third-order valence-electron chi connectivity index (χ3n) is 3.07. The second kappa shape index (κ2) is 6.62. The fourth-order valence-electron chi connectivity index (χ4n) is 1.74. The van der Waals surface area contributed by atoms with Crippen LogP contribution in [-0.4, -0.2) is 16.9 Å². The lowest BCUT2D eigenvalue weighted by Crippen LogP contribution is -2.32. The Bertz CT molecular complexity index is 635. The van der Waals surface area contributed by atoms with Gasteiger partial charge in [0, 0.05) is 17.9 Å². The predicted molar refractivity (Wildman–Crippen MR) is 77.0 cm³/mol. The van der Waals surface area contributed by atoms with Crippen LogP contribution in [0, 0.1) is 13.8 Å². The SMILES string of the molecule is Cc1ccc(NC(=O)CCSc2c([O-])on[n+]2C)cc1C. The van der Waals surface area contributed by atoms with Crippen molar-refractivity contribution in [3.8, 4) is 5.95 Å². The molecule has 2 aromatic rings. The van der Waals surface area contributed by atoms with Crippen LogP contribution in [0.3, 0.4) is 0 Å². The molecule has 0 saturated carbocycles. The summed E-state index contributed by atoms with van der Waals surface area (Å²) in [7, 11) is 1.63. The van der Waals surface area contributed by atoms with E-state index in [2.05, 4.69) is 15.1 Å². The van der Waals surface area contributed by atoms with Gasteiger partial charge in [-0.1, -0.05) is 22.5 Å². The van der Waals surface area contributed by atoms with Gasteiger partial charge >= 0.3 is 0 Å². The summed E-state index contributed by atoms with van der Waals surface area (Å²) in [4.78, 5) is 11.9. The highest BCUT2D eigenvalue weighted by atomic mass is 32.2. The highest BCUT2D eigenvalue weighted by molar-refractivity contribution is 7.99. The van der Waals surface area contributed by atoms with Gasteiger partial charge in [-0.25, -0.2) is 0 Å². The van der Waals surface area contributed by atoms with E-state index in [0.717, 1.165) is 11.3 Å². The molecule has 0 bridgehead atoms. The van der Waals surface area contributed by atoms with Crippen molar-refractivity contribution in [1.82, 2.24) is 5.27 Å². The minimum atomic E-state index is -0.475. The fourth-order valence-corrected chi connectivity index (χ4v) is 2.60. The number of aromatic nitrogens is 2. The number of thioether (sulfide) groups is 1. The van der Waals surface area contributed by atoms with Gasteiger partial charge in [-0.15, -0.1) is 0 Å². The van der Waals surface area contributed by atoms with Gasteiger partial charge in [-0.2, -0.15) is 0 Å². The monoisotopic (exact) mass is 307 g/mol. The summed E-state index contributed by atoms with van der Waals surface area (Å²) < 4.78 is 5.88. The van der Waals surface area contributed by atoms with E-state index in [9.17, 15) is 9.90 Å². The summed E-state index contributed by atoms with van der Waals surface area (Å²) in [5, 5.41) is 18.1. The van der Waals surface area contributed by atoms with Gasteiger partial charge in [0.2, 0.25) is 5.91 Å². The van der Waals surface area contributed by atoms with E-state index < -0.39 is 5.95 Å². The highest BCUT2D eigenvalue weighted by Crippen LogP contribution is 2.22. The molecule has 1 heterocycles. The van der Waals surface area contributed by atoms with E-state index in [-0.39, 0.29) is 5.91 Å². The molecule has 0 aliphatic carbocycles. The van der Waals surface area contributed by atoms with Crippen LogP contribution in [0.25, 0.3) is 0 Å². The molecule has 21 heavy (non-hydrogen) atoms. The van der Waals surface area contributed by atoms with Crippen molar-refractivity contribution < 1.29 is 19.1 Å². The summed E-state index contributed by atoms with van der Waals surface area (Å²) in [5.41, 5.74) is 3.11. The van der Waals surface area contributed by atoms with Gasteiger partial charge in [0.05, 0.1) is 5.27 Å². The molecule has 0 aliphatic heterocycles. The van der Waals surface area contributed by atoms with Crippen molar-refractivity contribution in [3.63, 3.8) is 0 Å². The maximum atomic E-state index is 11.9. The van der Waals surface area contributed by atoms with Crippen molar-refractivity contribution >= 4 is 23.4 Å². The Morgan fingerprint density at radius 1 is 1.43 bits per heavy atom. The van der Waals surface area contributed by atoms with Crippen LogP contribution in [-0.2, 0) is 11.8 Å². The molecule has 0 saturated heterocycles. The topological polar surface area (TPSA) is 82.1 Å². The van der Waals surface area contributed by atoms with E-state index in [0.29, 0.717) is 17.2 Å². The molecule has 0 spiro atoms. The maximum Gasteiger partial charge on any atom is 0.290 e. The van der Waals surface area contributed by atoms with Crippen LogP contribution < -0.4 is 15.1 Å². The molecule has 7 heteroatoms. The second-order valence-electron chi connectivity index (χ2n) is 4.73. The summed E-state index contributed by atoms with van der Waals surface area (Å²) in [6, 6.07) is 5.79. The Kier molecular flexibility index (Phi) is 4.85. The molecular formula is C14H17N3O3S. The smallest absolute Gasteiger partial charge is 0.290 e. The number of hydrogen-bond donors (Lipinski definition) is 1. The van der Waals surface area contributed by atoms with E-state index in [1.54, 1.807) is 7.05 Å². The number of carbonyl (C=O) groups is 1.